The van der Waals surface area contributed by atoms with E-state index in [1.165, 1.54) is 23.5 Å². The summed E-state index contributed by atoms with van der Waals surface area (Å²) in [5, 5.41) is 14.3. The highest BCUT2D eigenvalue weighted by Gasteiger charge is 2.06. The molecule has 0 saturated heterocycles. The highest BCUT2D eigenvalue weighted by molar-refractivity contribution is 8.00. The third-order valence-electron chi connectivity index (χ3n) is 3.12. The summed E-state index contributed by atoms with van der Waals surface area (Å²) in [6.45, 7) is 3.70. The molecule has 6 nitrogen and oxygen atoms in total. The number of hydrogen-bond acceptors (Lipinski definition) is 7. The number of benzene rings is 1. The Bertz CT molecular complexity index is 828. The molecule has 0 saturated carbocycles. The summed E-state index contributed by atoms with van der Waals surface area (Å²) in [7, 11) is 0. The van der Waals surface area contributed by atoms with E-state index in [-0.39, 0.29) is 11.7 Å². The minimum atomic E-state index is -0.208. The molecule has 0 spiro atoms. The van der Waals surface area contributed by atoms with E-state index in [1.54, 1.807) is 31.2 Å². The third-order valence-corrected chi connectivity index (χ3v) is 4.58. The zero-order chi connectivity index (χ0) is 18.2. The van der Waals surface area contributed by atoms with Gasteiger partial charge in [-0.2, -0.15) is 10.4 Å². The molecule has 0 aliphatic carbocycles. The number of nitrogens with zero attached hydrogens (tertiary/aromatic N) is 4. The lowest BCUT2D eigenvalue weighted by molar-refractivity contribution is -0.118. The van der Waals surface area contributed by atoms with E-state index < -0.39 is 0 Å². The first kappa shape index (κ1) is 19.0. The van der Waals surface area contributed by atoms with Crippen LogP contribution in [0.4, 0.5) is 0 Å². The van der Waals surface area contributed by atoms with Crippen LogP contribution in [0.2, 0.25) is 0 Å². The quantitative estimate of drug-likeness (QED) is 0.276. The van der Waals surface area contributed by atoms with Crippen LogP contribution in [0.15, 0.2) is 45.6 Å². The van der Waals surface area contributed by atoms with Gasteiger partial charge in [0.2, 0.25) is 5.91 Å². The minimum Gasteiger partial charge on any atom is -0.272 e. The predicted molar refractivity (Wildman–Crippen MR) is 101 cm³/mol. The fraction of sp³-hybridized carbons (Fsp3) is 0.235. The summed E-state index contributed by atoms with van der Waals surface area (Å²) < 4.78 is 0. The second-order valence-electron chi connectivity index (χ2n) is 5.04. The number of carbonyl (C=O) groups is 1. The Morgan fingerprint density at radius 2 is 2.04 bits per heavy atom. The topological polar surface area (TPSA) is 91.0 Å². The van der Waals surface area contributed by atoms with Gasteiger partial charge in [0.15, 0.2) is 5.16 Å². The van der Waals surface area contributed by atoms with Gasteiger partial charge in [0.05, 0.1) is 23.1 Å². The fourth-order valence-corrected chi connectivity index (χ4v) is 3.08. The monoisotopic (exact) mass is 371 g/mol. The van der Waals surface area contributed by atoms with E-state index in [9.17, 15) is 4.79 Å². The van der Waals surface area contributed by atoms with Gasteiger partial charge in [-0.25, -0.2) is 15.4 Å². The SMILES string of the molecule is CSc1nc(C)cc(SCC(=O)N/N=C(/C)c2ccc(C#N)cc2)n1. The first-order valence-corrected chi connectivity index (χ1v) is 9.59. The van der Waals surface area contributed by atoms with E-state index in [1.807, 2.05) is 19.2 Å². The molecule has 128 valence electrons. The Morgan fingerprint density at radius 3 is 2.68 bits per heavy atom. The van der Waals surface area contributed by atoms with Crippen molar-refractivity contribution in [1.82, 2.24) is 15.4 Å². The maximum absolute atomic E-state index is 12.0. The molecule has 0 aliphatic rings. The van der Waals surface area contributed by atoms with Crippen LogP contribution in [0, 0.1) is 18.3 Å². The van der Waals surface area contributed by atoms with Crippen LogP contribution in [0.5, 0.6) is 0 Å². The maximum atomic E-state index is 12.0. The Balaban J connectivity index is 1.91. The molecule has 1 aromatic heterocycles. The summed E-state index contributed by atoms with van der Waals surface area (Å²) in [5.74, 6) is 0.00832. The van der Waals surface area contributed by atoms with Crippen LogP contribution in [0.1, 0.15) is 23.7 Å². The maximum Gasteiger partial charge on any atom is 0.250 e. The first-order valence-electron chi connectivity index (χ1n) is 7.38. The van der Waals surface area contributed by atoms with Crippen LogP contribution in [0.25, 0.3) is 0 Å². The van der Waals surface area contributed by atoms with Gasteiger partial charge in [0, 0.05) is 5.69 Å². The van der Waals surface area contributed by atoms with Crippen molar-refractivity contribution in [3.8, 4) is 6.07 Å². The molecule has 0 unspecified atom stereocenters. The molecule has 1 aromatic carbocycles. The molecule has 0 atom stereocenters. The minimum absolute atomic E-state index is 0.208. The summed E-state index contributed by atoms with van der Waals surface area (Å²) in [6, 6.07) is 10.9. The molecule has 2 aromatic rings. The van der Waals surface area contributed by atoms with Crippen molar-refractivity contribution < 1.29 is 4.79 Å². The van der Waals surface area contributed by atoms with Crippen molar-refractivity contribution in [2.24, 2.45) is 5.10 Å². The third kappa shape index (κ3) is 5.89. The molecule has 1 amide bonds. The van der Waals surface area contributed by atoms with Gasteiger partial charge in [-0.3, -0.25) is 4.79 Å². The highest BCUT2D eigenvalue weighted by atomic mass is 32.2. The van der Waals surface area contributed by atoms with E-state index in [2.05, 4.69) is 26.6 Å². The lowest BCUT2D eigenvalue weighted by Gasteiger charge is -2.05. The molecule has 0 aliphatic heterocycles. The first-order chi connectivity index (χ1) is 12.0. The number of hydrazone groups is 1. The van der Waals surface area contributed by atoms with Crippen molar-refractivity contribution in [3.05, 3.63) is 47.2 Å². The molecule has 0 bridgehead atoms. The van der Waals surface area contributed by atoms with Crippen molar-refractivity contribution in [2.75, 3.05) is 12.0 Å². The summed E-state index contributed by atoms with van der Waals surface area (Å²) in [4.78, 5) is 20.6. The zero-order valence-corrected chi connectivity index (χ0v) is 15.7. The Labute approximate surface area is 155 Å². The lowest BCUT2D eigenvalue weighted by atomic mass is 10.1. The average molecular weight is 371 g/mol. The lowest BCUT2D eigenvalue weighted by Crippen LogP contribution is -2.21. The van der Waals surface area contributed by atoms with E-state index in [0.29, 0.717) is 16.4 Å². The van der Waals surface area contributed by atoms with Gasteiger partial charge in [0.1, 0.15) is 5.03 Å². The molecule has 8 heteroatoms. The van der Waals surface area contributed by atoms with Crippen molar-refractivity contribution >= 4 is 35.1 Å². The summed E-state index contributed by atoms with van der Waals surface area (Å²) in [6.07, 6.45) is 1.91. The molecule has 1 N–H and O–H groups in total. The Hall–Kier alpha value is -2.37. The number of aromatic nitrogens is 2. The van der Waals surface area contributed by atoms with E-state index >= 15 is 0 Å². The molecule has 0 fully saturated rings. The fourth-order valence-electron chi connectivity index (χ4n) is 1.85. The number of nitrogens with one attached hydrogen (secondary N) is 1. The van der Waals surface area contributed by atoms with Gasteiger partial charge in [-0.05, 0) is 43.9 Å². The zero-order valence-electron chi connectivity index (χ0n) is 14.1. The predicted octanol–water partition coefficient (Wildman–Crippen LogP) is 3.01. The number of aryl methyl sites for hydroxylation is 1. The Morgan fingerprint density at radius 1 is 1.32 bits per heavy atom. The number of amides is 1. The number of hydrogen-bond donors (Lipinski definition) is 1. The number of thioether (sulfide) groups is 2. The highest BCUT2D eigenvalue weighted by Crippen LogP contribution is 2.19. The van der Waals surface area contributed by atoms with E-state index in [0.717, 1.165) is 16.3 Å². The van der Waals surface area contributed by atoms with Crippen LogP contribution < -0.4 is 5.43 Å². The molecule has 25 heavy (non-hydrogen) atoms. The van der Waals surface area contributed by atoms with Gasteiger partial charge in [0.25, 0.3) is 0 Å². The summed E-state index contributed by atoms with van der Waals surface area (Å²) >= 11 is 2.81. The smallest absolute Gasteiger partial charge is 0.250 e. The van der Waals surface area contributed by atoms with Crippen molar-refractivity contribution in [3.63, 3.8) is 0 Å². The van der Waals surface area contributed by atoms with Gasteiger partial charge >= 0.3 is 0 Å². The molecular weight excluding hydrogens is 354 g/mol. The van der Waals surface area contributed by atoms with Crippen LogP contribution in [-0.2, 0) is 4.79 Å². The number of rotatable bonds is 6. The second-order valence-corrected chi connectivity index (χ2v) is 6.81. The summed E-state index contributed by atoms with van der Waals surface area (Å²) in [5.41, 5.74) is 5.52. The van der Waals surface area contributed by atoms with Crippen LogP contribution in [0.3, 0.4) is 0 Å². The van der Waals surface area contributed by atoms with Gasteiger partial charge in [-0.15, -0.1) is 0 Å². The molecule has 2 rings (SSSR count). The van der Waals surface area contributed by atoms with Gasteiger partial charge in [-0.1, -0.05) is 35.7 Å². The van der Waals surface area contributed by atoms with E-state index in [4.69, 9.17) is 5.26 Å². The Kier molecular flexibility index (Phi) is 6.98. The number of nitriles is 1. The second kappa shape index (κ2) is 9.20. The van der Waals surface area contributed by atoms with Crippen molar-refractivity contribution in [2.45, 2.75) is 24.0 Å². The van der Waals surface area contributed by atoms with Crippen LogP contribution >= 0.6 is 23.5 Å². The molecule has 1 heterocycles. The molecule has 0 radical (unpaired) electrons. The number of carbonyl (C=O) groups excluding carboxylic acids is 1. The normalized spacial score (nSPS) is 11.0. The molecular formula is C17H17N5OS2. The standard InChI is InChI=1S/C17H17N5OS2/c1-11-8-16(20-17(19-11)24-3)25-10-15(23)22-21-12(2)14-6-4-13(9-18)5-7-14/h4-8H,10H2,1-3H3,(H,22,23)/b21-12-. The van der Waals surface area contributed by atoms with Gasteiger partial charge < -0.3 is 0 Å². The average Bonchev–Trinajstić information content (AvgIpc) is 2.64. The van der Waals surface area contributed by atoms with Crippen LogP contribution in [-0.4, -0.2) is 33.6 Å². The largest absolute Gasteiger partial charge is 0.272 e. The van der Waals surface area contributed by atoms with Crippen molar-refractivity contribution in [1.29, 1.82) is 5.26 Å².